The Bertz CT molecular complexity index is 1850. The summed E-state index contributed by atoms with van der Waals surface area (Å²) in [6, 6.07) is 9.41. The lowest BCUT2D eigenvalue weighted by Crippen LogP contribution is -2.20. The number of carbonyl (C=O) groups excluding carboxylic acids is 1. The van der Waals surface area contributed by atoms with Gasteiger partial charge in [0.2, 0.25) is 0 Å². The normalized spacial score (nSPS) is 12.0. The summed E-state index contributed by atoms with van der Waals surface area (Å²) in [6.07, 6.45) is 3.93. The number of hydrogen-bond donors (Lipinski definition) is 2. The molecule has 0 amide bonds. The molecule has 5 rings (SSSR count). The number of rotatable bonds is 6. The van der Waals surface area contributed by atoms with Gasteiger partial charge >= 0.3 is 0 Å². The Kier molecular flexibility index (Phi) is 5.80. The standard InChI is InChI=1S/C25H20ClFN4O4S/c1-13-6-16-21(9-18(13)27)31(10-14-7-19-20(8-17(14)26)30-12-29-19)24(22(32)11-36(2,34)35)23(16)15-4-3-5-28-25(15)33/h3-9,12H,10-11H2,1-2H3,(H,28,33)(H,29,30). The molecule has 0 bridgehead atoms. The predicted molar refractivity (Wildman–Crippen MR) is 137 cm³/mol. The van der Waals surface area contributed by atoms with Crippen LogP contribution in [0.15, 0.2) is 53.7 Å². The van der Waals surface area contributed by atoms with Gasteiger partial charge in [0.05, 0.1) is 28.6 Å². The molecule has 11 heteroatoms. The fraction of sp³-hybridized carbons (Fsp3) is 0.160. The highest BCUT2D eigenvalue weighted by atomic mass is 35.5. The first-order valence-electron chi connectivity index (χ1n) is 10.9. The third-order valence-corrected chi connectivity index (χ3v) is 7.14. The summed E-state index contributed by atoms with van der Waals surface area (Å²) >= 11 is 6.53. The van der Waals surface area contributed by atoms with Gasteiger partial charge in [0, 0.05) is 40.5 Å². The number of halogens is 2. The quantitative estimate of drug-likeness (QED) is 0.321. The van der Waals surface area contributed by atoms with Crippen molar-refractivity contribution in [1.82, 2.24) is 19.5 Å². The van der Waals surface area contributed by atoms with Crippen molar-refractivity contribution in [3.05, 3.63) is 86.9 Å². The molecule has 2 N–H and O–H groups in total. The number of hydrogen-bond acceptors (Lipinski definition) is 5. The predicted octanol–water partition coefficient (Wildman–Crippen LogP) is 4.25. The zero-order valence-electron chi connectivity index (χ0n) is 19.2. The monoisotopic (exact) mass is 526 g/mol. The van der Waals surface area contributed by atoms with E-state index in [-0.39, 0.29) is 23.4 Å². The summed E-state index contributed by atoms with van der Waals surface area (Å²) in [5.41, 5.74) is 2.50. The van der Waals surface area contributed by atoms with Crippen LogP contribution in [-0.2, 0) is 16.4 Å². The minimum absolute atomic E-state index is 0.0158. The fourth-order valence-electron chi connectivity index (χ4n) is 4.42. The number of benzene rings is 2. The van der Waals surface area contributed by atoms with Crippen molar-refractivity contribution in [2.75, 3.05) is 12.0 Å². The van der Waals surface area contributed by atoms with Crippen LogP contribution in [0.1, 0.15) is 21.6 Å². The highest BCUT2D eigenvalue weighted by Crippen LogP contribution is 2.37. The third kappa shape index (κ3) is 4.22. The molecule has 3 heterocycles. The Morgan fingerprint density at radius 2 is 1.97 bits per heavy atom. The molecule has 0 atom stereocenters. The number of H-pyrrole nitrogens is 2. The van der Waals surface area contributed by atoms with E-state index in [1.165, 1.54) is 29.2 Å². The third-order valence-electron chi connectivity index (χ3n) is 6.01. The summed E-state index contributed by atoms with van der Waals surface area (Å²) in [6.45, 7) is 1.59. The molecule has 0 radical (unpaired) electrons. The van der Waals surface area contributed by atoms with Crippen molar-refractivity contribution in [1.29, 1.82) is 0 Å². The smallest absolute Gasteiger partial charge is 0.255 e. The molecule has 3 aromatic heterocycles. The zero-order valence-corrected chi connectivity index (χ0v) is 20.8. The van der Waals surface area contributed by atoms with Crippen LogP contribution in [-0.4, -0.2) is 45.7 Å². The summed E-state index contributed by atoms with van der Waals surface area (Å²) in [5.74, 6) is -2.01. The van der Waals surface area contributed by atoms with Crippen molar-refractivity contribution < 1.29 is 17.6 Å². The number of aryl methyl sites for hydroxylation is 1. The van der Waals surface area contributed by atoms with Gasteiger partial charge in [0.15, 0.2) is 15.6 Å². The molecule has 2 aromatic carbocycles. The average Bonchev–Trinajstić information content (AvgIpc) is 3.36. The second-order valence-electron chi connectivity index (χ2n) is 8.70. The minimum Gasteiger partial charge on any atom is -0.345 e. The molecule has 0 aliphatic rings. The van der Waals surface area contributed by atoms with Crippen molar-refractivity contribution >= 4 is 49.2 Å². The SMILES string of the molecule is Cc1cc2c(-c3ccc[nH]c3=O)c(C(=O)CS(C)(=O)=O)n(Cc3cc4[nH]cnc4cc3Cl)c2cc1F. The second kappa shape index (κ2) is 8.72. The van der Waals surface area contributed by atoms with Crippen molar-refractivity contribution in [3.8, 4) is 11.1 Å². The molecule has 0 unspecified atom stereocenters. The Hall–Kier alpha value is -3.76. The Morgan fingerprint density at radius 1 is 1.19 bits per heavy atom. The molecule has 8 nitrogen and oxygen atoms in total. The van der Waals surface area contributed by atoms with Crippen LogP contribution in [0.5, 0.6) is 0 Å². The van der Waals surface area contributed by atoms with Crippen LogP contribution in [0.4, 0.5) is 4.39 Å². The van der Waals surface area contributed by atoms with E-state index >= 15 is 0 Å². The van der Waals surface area contributed by atoms with Gasteiger partial charge in [-0.05, 0) is 54.4 Å². The van der Waals surface area contributed by atoms with Crippen LogP contribution < -0.4 is 5.56 Å². The Morgan fingerprint density at radius 3 is 2.69 bits per heavy atom. The van der Waals surface area contributed by atoms with E-state index in [1.54, 1.807) is 31.2 Å². The molecular formula is C25H20ClFN4O4S. The van der Waals surface area contributed by atoms with Gasteiger partial charge in [0.1, 0.15) is 11.6 Å². The van der Waals surface area contributed by atoms with Gasteiger partial charge in [-0.1, -0.05) is 11.6 Å². The molecule has 36 heavy (non-hydrogen) atoms. The van der Waals surface area contributed by atoms with Crippen molar-refractivity contribution in [3.63, 3.8) is 0 Å². The number of imidazole rings is 1. The summed E-state index contributed by atoms with van der Waals surface area (Å²) in [7, 11) is -3.72. The van der Waals surface area contributed by atoms with Gasteiger partial charge in [-0.25, -0.2) is 17.8 Å². The number of nitrogens with zero attached hydrogens (tertiary/aromatic N) is 2. The molecule has 184 valence electrons. The van der Waals surface area contributed by atoms with E-state index in [1.807, 2.05) is 0 Å². The number of nitrogens with one attached hydrogen (secondary N) is 2. The Labute approximate surface area is 209 Å². The van der Waals surface area contributed by atoms with Gasteiger partial charge < -0.3 is 14.5 Å². The number of aromatic nitrogens is 4. The first-order valence-corrected chi connectivity index (χ1v) is 13.3. The van der Waals surface area contributed by atoms with Crippen LogP contribution in [0.25, 0.3) is 33.1 Å². The summed E-state index contributed by atoms with van der Waals surface area (Å²) in [5, 5.41) is 0.811. The second-order valence-corrected chi connectivity index (χ2v) is 11.2. The van der Waals surface area contributed by atoms with E-state index in [9.17, 15) is 22.4 Å². The van der Waals surface area contributed by atoms with Gasteiger partial charge in [-0.3, -0.25) is 9.59 Å². The first-order chi connectivity index (χ1) is 17.0. The molecule has 0 fully saturated rings. The highest BCUT2D eigenvalue weighted by molar-refractivity contribution is 7.91. The zero-order chi connectivity index (χ0) is 25.8. The number of fused-ring (bicyclic) bond motifs is 2. The van der Waals surface area contributed by atoms with E-state index in [4.69, 9.17) is 11.6 Å². The number of aromatic amines is 2. The average molecular weight is 527 g/mol. The van der Waals surface area contributed by atoms with E-state index in [2.05, 4.69) is 15.0 Å². The van der Waals surface area contributed by atoms with Gasteiger partial charge in [0.25, 0.3) is 5.56 Å². The maximum Gasteiger partial charge on any atom is 0.255 e. The van der Waals surface area contributed by atoms with Crippen LogP contribution in [0.2, 0.25) is 5.02 Å². The van der Waals surface area contributed by atoms with Crippen molar-refractivity contribution in [2.45, 2.75) is 13.5 Å². The molecule has 0 saturated carbocycles. The Balaban J connectivity index is 1.87. The van der Waals surface area contributed by atoms with E-state index < -0.39 is 32.7 Å². The molecular weight excluding hydrogens is 507 g/mol. The number of ketones is 1. The number of Topliss-reactive ketones (excluding diaryl/α,β-unsaturated/α-hetero) is 1. The minimum atomic E-state index is -3.72. The van der Waals surface area contributed by atoms with Crippen LogP contribution in [0.3, 0.4) is 0 Å². The summed E-state index contributed by atoms with van der Waals surface area (Å²) < 4.78 is 40.5. The van der Waals surface area contributed by atoms with Gasteiger partial charge in [-0.2, -0.15) is 0 Å². The number of pyridine rings is 1. The molecule has 0 saturated heterocycles. The molecule has 0 aliphatic heterocycles. The lowest BCUT2D eigenvalue weighted by Gasteiger charge is -2.13. The van der Waals surface area contributed by atoms with Crippen molar-refractivity contribution in [2.24, 2.45) is 0 Å². The van der Waals surface area contributed by atoms with Crippen LogP contribution >= 0.6 is 11.6 Å². The first kappa shape index (κ1) is 24.0. The molecule has 5 aromatic rings. The highest BCUT2D eigenvalue weighted by Gasteiger charge is 2.28. The lowest BCUT2D eigenvalue weighted by atomic mass is 10.0. The topological polar surface area (TPSA) is 118 Å². The van der Waals surface area contributed by atoms with Crippen LogP contribution in [0, 0.1) is 12.7 Å². The molecule has 0 aliphatic carbocycles. The van der Waals surface area contributed by atoms with E-state index in [0.29, 0.717) is 38.1 Å². The largest absolute Gasteiger partial charge is 0.345 e. The maximum atomic E-state index is 14.8. The summed E-state index contributed by atoms with van der Waals surface area (Å²) in [4.78, 5) is 36.1. The maximum absolute atomic E-state index is 14.8. The molecule has 0 spiro atoms. The van der Waals surface area contributed by atoms with Gasteiger partial charge in [-0.15, -0.1) is 0 Å². The van der Waals surface area contributed by atoms with E-state index in [0.717, 1.165) is 6.26 Å². The number of carbonyl (C=O) groups is 1. The lowest BCUT2D eigenvalue weighted by molar-refractivity contribution is 0.101. The number of sulfone groups is 1. The fourth-order valence-corrected chi connectivity index (χ4v) is 5.25.